The van der Waals surface area contributed by atoms with Gasteiger partial charge in [-0.2, -0.15) is 0 Å². The third kappa shape index (κ3) is 2.68. The lowest BCUT2D eigenvalue weighted by Gasteiger charge is -2.42. The van der Waals surface area contributed by atoms with Crippen LogP contribution in [0.15, 0.2) is 0 Å². The molecular formula is C15H26N2O3. The second-order valence-electron chi connectivity index (χ2n) is 6.26. The lowest BCUT2D eigenvalue weighted by atomic mass is 9.85. The van der Waals surface area contributed by atoms with Gasteiger partial charge in [-0.1, -0.05) is 20.3 Å². The first kappa shape index (κ1) is 15.3. The lowest BCUT2D eigenvalue weighted by molar-refractivity contribution is -0.157. The van der Waals surface area contributed by atoms with Crippen molar-refractivity contribution in [2.75, 3.05) is 13.1 Å². The van der Waals surface area contributed by atoms with Gasteiger partial charge in [0.1, 0.15) is 6.04 Å². The highest BCUT2D eigenvalue weighted by Gasteiger charge is 2.47. The van der Waals surface area contributed by atoms with Crippen LogP contribution in [-0.4, -0.2) is 46.6 Å². The van der Waals surface area contributed by atoms with E-state index in [2.05, 4.69) is 12.2 Å². The first-order chi connectivity index (χ1) is 9.52. The maximum Gasteiger partial charge on any atom is 0.326 e. The highest BCUT2D eigenvalue weighted by molar-refractivity contribution is 5.90. The number of piperidine rings is 1. The maximum absolute atomic E-state index is 13.0. The van der Waals surface area contributed by atoms with Crippen LogP contribution in [0.3, 0.4) is 0 Å². The molecule has 0 aromatic heterocycles. The molecule has 3 atom stereocenters. The topological polar surface area (TPSA) is 69.6 Å². The molecule has 2 aliphatic heterocycles. The molecular weight excluding hydrogens is 256 g/mol. The molecule has 1 amide bonds. The fourth-order valence-electron chi connectivity index (χ4n) is 3.80. The summed E-state index contributed by atoms with van der Waals surface area (Å²) in [5, 5.41) is 12.8. The summed E-state index contributed by atoms with van der Waals surface area (Å²) in [6.45, 7) is 5.44. The molecule has 5 nitrogen and oxygen atoms in total. The number of carbonyl (C=O) groups excluding carboxylic acids is 1. The fourth-order valence-corrected chi connectivity index (χ4v) is 3.80. The molecule has 114 valence electrons. The van der Waals surface area contributed by atoms with Gasteiger partial charge >= 0.3 is 5.97 Å². The van der Waals surface area contributed by atoms with Gasteiger partial charge in [-0.25, -0.2) is 4.79 Å². The number of hydrogen-bond acceptors (Lipinski definition) is 3. The molecule has 0 aromatic rings. The summed E-state index contributed by atoms with van der Waals surface area (Å²) in [5.41, 5.74) is -0.514. The van der Waals surface area contributed by atoms with Gasteiger partial charge in [-0.05, 0) is 44.6 Å². The summed E-state index contributed by atoms with van der Waals surface area (Å²) in [7, 11) is 0. The van der Waals surface area contributed by atoms with E-state index >= 15 is 0 Å². The van der Waals surface area contributed by atoms with E-state index in [1.165, 1.54) is 0 Å². The SMILES string of the molecule is CCCC1(C(=O)N2CCCC(C)C2C(=O)O)CCCN1. The van der Waals surface area contributed by atoms with Gasteiger partial charge in [0.05, 0.1) is 5.54 Å². The molecule has 20 heavy (non-hydrogen) atoms. The number of nitrogens with zero attached hydrogens (tertiary/aromatic N) is 1. The number of rotatable bonds is 4. The molecule has 2 fully saturated rings. The number of likely N-dealkylation sites (tertiary alicyclic amines) is 1. The van der Waals surface area contributed by atoms with Crippen molar-refractivity contribution < 1.29 is 14.7 Å². The highest BCUT2D eigenvalue weighted by atomic mass is 16.4. The van der Waals surface area contributed by atoms with Gasteiger partial charge in [0.2, 0.25) is 5.91 Å². The lowest BCUT2D eigenvalue weighted by Crippen LogP contribution is -2.61. The minimum absolute atomic E-state index is 0.0100. The molecule has 2 heterocycles. The molecule has 3 unspecified atom stereocenters. The van der Waals surface area contributed by atoms with Gasteiger partial charge in [0.25, 0.3) is 0 Å². The van der Waals surface area contributed by atoms with Crippen LogP contribution in [0.4, 0.5) is 0 Å². The van der Waals surface area contributed by atoms with Crippen molar-refractivity contribution in [1.82, 2.24) is 10.2 Å². The van der Waals surface area contributed by atoms with E-state index in [0.717, 1.165) is 45.1 Å². The molecule has 0 saturated carbocycles. The van der Waals surface area contributed by atoms with Crippen LogP contribution in [-0.2, 0) is 9.59 Å². The van der Waals surface area contributed by atoms with Crippen molar-refractivity contribution >= 4 is 11.9 Å². The number of carboxylic acid groups (broad SMARTS) is 1. The van der Waals surface area contributed by atoms with Gasteiger partial charge in [-0.15, -0.1) is 0 Å². The quantitative estimate of drug-likeness (QED) is 0.822. The Morgan fingerprint density at radius 1 is 1.40 bits per heavy atom. The van der Waals surface area contributed by atoms with Crippen molar-refractivity contribution in [2.45, 2.75) is 64.0 Å². The van der Waals surface area contributed by atoms with Crippen LogP contribution >= 0.6 is 0 Å². The Labute approximate surface area is 120 Å². The van der Waals surface area contributed by atoms with E-state index in [1.807, 2.05) is 6.92 Å². The molecule has 5 heteroatoms. The summed E-state index contributed by atoms with van der Waals surface area (Å²) in [6.07, 6.45) is 5.33. The van der Waals surface area contributed by atoms with Crippen molar-refractivity contribution in [3.05, 3.63) is 0 Å². The Morgan fingerprint density at radius 2 is 2.15 bits per heavy atom. The van der Waals surface area contributed by atoms with Crippen molar-refractivity contribution in [2.24, 2.45) is 5.92 Å². The average molecular weight is 282 g/mol. The van der Waals surface area contributed by atoms with Crippen molar-refractivity contribution in [3.8, 4) is 0 Å². The number of aliphatic carboxylic acids is 1. The molecule has 2 saturated heterocycles. The Hall–Kier alpha value is -1.10. The largest absolute Gasteiger partial charge is 0.480 e. The summed E-state index contributed by atoms with van der Waals surface area (Å²) >= 11 is 0. The maximum atomic E-state index is 13.0. The first-order valence-electron chi connectivity index (χ1n) is 7.81. The molecule has 0 aromatic carbocycles. The Kier molecular flexibility index (Phi) is 4.68. The van der Waals surface area contributed by atoms with Crippen LogP contribution in [0.1, 0.15) is 52.4 Å². The summed E-state index contributed by atoms with van der Waals surface area (Å²) in [6, 6.07) is -0.660. The van der Waals surface area contributed by atoms with Crippen molar-refractivity contribution in [3.63, 3.8) is 0 Å². The van der Waals surface area contributed by atoms with E-state index in [4.69, 9.17) is 0 Å². The Balaban J connectivity index is 2.22. The molecule has 2 aliphatic rings. The summed E-state index contributed by atoms with van der Waals surface area (Å²) < 4.78 is 0. The van der Waals surface area contributed by atoms with Gasteiger partial charge < -0.3 is 15.3 Å². The van der Waals surface area contributed by atoms with E-state index in [9.17, 15) is 14.7 Å². The smallest absolute Gasteiger partial charge is 0.326 e. The number of hydrogen-bond donors (Lipinski definition) is 2. The van der Waals surface area contributed by atoms with Gasteiger partial charge in [0.15, 0.2) is 0 Å². The monoisotopic (exact) mass is 282 g/mol. The number of carboxylic acids is 1. The fraction of sp³-hybridized carbons (Fsp3) is 0.867. The van der Waals surface area contributed by atoms with Crippen LogP contribution in [0.5, 0.6) is 0 Å². The van der Waals surface area contributed by atoms with Gasteiger partial charge in [0, 0.05) is 6.54 Å². The van der Waals surface area contributed by atoms with Gasteiger partial charge in [-0.3, -0.25) is 4.79 Å². The number of amides is 1. The van der Waals surface area contributed by atoms with E-state index < -0.39 is 17.6 Å². The number of carbonyl (C=O) groups is 2. The molecule has 0 bridgehead atoms. The molecule has 0 spiro atoms. The second kappa shape index (κ2) is 6.12. The zero-order valence-corrected chi connectivity index (χ0v) is 12.5. The zero-order valence-electron chi connectivity index (χ0n) is 12.5. The zero-order chi connectivity index (χ0) is 14.8. The summed E-state index contributed by atoms with van der Waals surface area (Å²) in [5.74, 6) is -0.823. The third-order valence-corrected chi connectivity index (χ3v) is 4.78. The van der Waals surface area contributed by atoms with E-state index in [1.54, 1.807) is 4.90 Å². The second-order valence-corrected chi connectivity index (χ2v) is 6.26. The minimum atomic E-state index is -0.866. The normalized spacial score (nSPS) is 34.2. The van der Waals surface area contributed by atoms with Crippen LogP contribution in [0.25, 0.3) is 0 Å². The molecule has 2 N–H and O–H groups in total. The average Bonchev–Trinajstić information content (AvgIpc) is 2.87. The van der Waals surface area contributed by atoms with E-state index in [-0.39, 0.29) is 11.8 Å². The van der Waals surface area contributed by atoms with Crippen LogP contribution in [0, 0.1) is 5.92 Å². The Bertz CT molecular complexity index is 377. The molecule has 0 aliphatic carbocycles. The van der Waals surface area contributed by atoms with Crippen LogP contribution in [0.2, 0.25) is 0 Å². The molecule has 2 rings (SSSR count). The minimum Gasteiger partial charge on any atom is -0.480 e. The standard InChI is InChI=1S/C15H26N2O3/c1-3-7-15(8-5-9-16-15)14(20)17-10-4-6-11(2)12(17)13(18)19/h11-12,16H,3-10H2,1-2H3,(H,18,19). The van der Waals surface area contributed by atoms with Crippen LogP contribution < -0.4 is 5.32 Å². The number of nitrogens with one attached hydrogen (secondary N) is 1. The predicted octanol–water partition coefficient (Wildman–Crippen LogP) is 1.62. The Morgan fingerprint density at radius 3 is 2.70 bits per heavy atom. The summed E-state index contributed by atoms with van der Waals surface area (Å²) in [4.78, 5) is 26.1. The highest BCUT2D eigenvalue weighted by Crippen LogP contribution is 2.31. The molecule has 0 radical (unpaired) electrons. The van der Waals surface area contributed by atoms with Crippen molar-refractivity contribution in [1.29, 1.82) is 0 Å². The predicted molar refractivity (Wildman–Crippen MR) is 76.4 cm³/mol. The third-order valence-electron chi connectivity index (χ3n) is 4.78. The first-order valence-corrected chi connectivity index (χ1v) is 7.81. The van der Waals surface area contributed by atoms with E-state index in [0.29, 0.717) is 6.54 Å².